The van der Waals surface area contributed by atoms with Gasteiger partial charge in [0.1, 0.15) is 0 Å². The maximum Gasteiger partial charge on any atom is 0.357 e. The summed E-state index contributed by atoms with van der Waals surface area (Å²) in [5, 5.41) is 2.77. The number of benzene rings is 1. The maximum atomic E-state index is 12.2. The Kier molecular flexibility index (Phi) is 4.63. The number of rotatable bonds is 5. The summed E-state index contributed by atoms with van der Waals surface area (Å²) in [6, 6.07) is 6.08. The highest BCUT2D eigenvalue weighted by atomic mass is 79.9. The van der Waals surface area contributed by atoms with Crippen LogP contribution < -0.4 is 0 Å². The lowest BCUT2D eigenvalue weighted by Gasteiger charge is -2.10. The molecule has 0 saturated heterocycles. The zero-order chi connectivity index (χ0) is 16.4. The van der Waals surface area contributed by atoms with Gasteiger partial charge in [-0.25, -0.2) is 9.78 Å². The normalized spacial score (nSPS) is 11.3. The number of nitrogens with one attached hydrogen (secondary N) is 1. The molecule has 5 nitrogen and oxygen atoms in total. The highest BCUT2D eigenvalue weighted by Gasteiger charge is 2.21. The number of carbonyl (C=O) groups is 1. The molecule has 0 aliphatic rings. The number of esters is 1. The average Bonchev–Trinajstić information content (AvgIpc) is 2.94. The second-order valence-corrected chi connectivity index (χ2v) is 5.69. The number of H-pyrrole nitrogens is 1. The van der Waals surface area contributed by atoms with Crippen LogP contribution in [-0.4, -0.2) is 29.7 Å². The number of hydrogen-bond acceptors (Lipinski definition) is 4. The predicted molar refractivity (Wildman–Crippen MR) is 92.9 cm³/mol. The molecule has 0 amide bonds. The van der Waals surface area contributed by atoms with E-state index in [0.717, 1.165) is 38.3 Å². The van der Waals surface area contributed by atoms with Crippen molar-refractivity contribution < 1.29 is 14.3 Å². The molecule has 1 aromatic carbocycles. The van der Waals surface area contributed by atoms with Crippen molar-refractivity contribution in [3.8, 4) is 0 Å². The molecule has 1 N–H and O–H groups in total. The monoisotopic (exact) mass is 376 g/mol. The van der Waals surface area contributed by atoms with Gasteiger partial charge in [-0.3, -0.25) is 0 Å². The van der Waals surface area contributed by atoms with Gasteiger partial charge < -0.3 is 14.5 Å². The Labute approximate surface area is 142 Å². The minimum atomic E-state index is -0.424. The van der Waals surface area contributed by atoms with Crippen LogP contribution in [0.1, 0.15) is 28.5 Å². The zero-order valence-corrected chi connectivity index (χ0v) is 14.6. The zero-order valence-electron chi connectivity index (χ0n) is 13.0. The number of aromatic nitrogens is 2. The Morgan fingerprint density at radius 2 is 2.13 bits per heavy atom. The SMILES string of the molecule is CCOC(=O)c1ncc2[nH]c3cccc(CBr)c3c2c1COC. The lowest BCUT2D eigenvalue weighted by Crippen LogP contribution is -2.11. The van der Waals surface area contributed by atoms with E-state index in [4.69, 9.17) is 9.47 Å². The van der Waals surface area contributed by atoms with E-state index in [1.54, 1.807) is 20.2 Å². The Balaban J connectivity index is 2.38. The Morgan fingerprint density at radius 1 is 1.30 bits per heavy atom. The Bertz CT molecular complexity index is 873. The largest absolute Gasteiger partial charge is 0.461 e. The molecule has 3 aromatic rings. The topological polar surface area (TPSA) is 64.2 Å². The van der Waals surface area contributed by atoms with Gasteiger partial charge in [-0.05, 0) is 18.6 Å². The summed E-state index contributed by atoms with van der Waals surface area (Å²) in [7, 11) is 1.61. The Morgan fingerprint density at radius 3 is 2.83 bits per heavy atom. The van der Waals surface area contributed by atoms with Gasteiger partial charge in [-0.2, -0.15) is 0 Å². The van der Waals surface area contributed by atoms with E-state index in [1.807, 2.05) is 12.1 Å². The van der Waals surface area contributed by atoms with Crippen LogP contribution in [0.15, 0.2) is 24.4 Å². The highest BCUT2D eigenvalue weighted by molar-refractivity contribution is 9.08. The standard InChI is InChI=1S/C17H17BrN2O3/c1-3-23-17(21)16-11(9-22-2)15-13(8-19-16)20-12-6-4-5-10(7-18)14(12)15/h4-6,8,20H,3,7,9H2,1-2H3. The average molecular weight is 377 g/mol. The van der Waals surface area contributed by atoms with Crippen LogP contribution in [0.2, 0.25) is 0 Å². The van der Waals surface area contributed by atoms with Crippen LogP contribution >= 0.6 is 15.9 Å². The maximum absolute atomic E-state index is 12.2. The summed E-state index contributed by atoms with van der Waals surface area (Å²) in [6.45, 7) is 2.38. The van der Waals surface area contributed by atoms with E-state index in [0.29, 0.717) is 18.9 Å². The van der Waals surface area contributed by atoms with Gasteiger partial charge in [0.15, 0.2) is 5.69 Å². The predicted octanol–water partition coefficient (Wildman–Crippen LogP) is 3.93. The number of halogens is 1. The third-order valence-corrected chi connectivity index (χ3v) is 4.36. The molecule has 0 radical (unpaired) electrons. The van der Waals surface area contributed by atoms with Crippen molar-refractivity contribution in [2.45, 2.75) is 18.9 Å². The van der Waals surface area contributed by atoms with Gasteiger partial charge >= 0.3 is 5.97 Å². The summed E-state index contributed by atoms with van der Waals surface area (Å²) in [4.78, 5) is 19.9. The number of nitrogens with zero attached hydrogens (tertiary/aromatic N) is 1. The number of pyridine rings is 1. The molecule has 0 spiro atoms. The summed E-state index contributed by atoms with van der Waals surface area (Å²) in [5.74, 6) is -0.424. The molecule has 0 aliphatic carbocycles. The van der Waals surface area contributed by atoms with Gasteiger partial charge in [0.25, 0.3) is 0 Å². The summed E-state index contributed by atoms with van der Waals surface area (Å²) in [6.07, 6.45) is 1.68. The lowest BCUT2D eigenvalue weighted by atomic mass is 10.0. The van der Waals surface area contributed by atoms with E-state index in [9.17, 15) is 4.79 Å². The van der Waals surface area contributed by atoms with Gasteiger partial charge in [-0.15, -0.1) is 0 Å². The van der Waals surface area contributed by atoms with Crippen molar-refractivity contribution >= 4 is 43.7 Å². The highest BCUT2D eigenvalue weighted by Crippen LogP contribution is 2.33. The molecule has 0 unspecified atom stereocenters. The first kappa shape index (κ1) is 16.0. The number of alkyl halides is 1. The quantitative estimate of drug-likeness (QED) is 0.541. The number of hydrogen-bond donors (Lipinski definition) is 1. The van der Waals surface area contributed by atoms with E-state index >= 15 is 0 Å². The first-order valence-corrected chi connectivity index (χ1v) is 8.46. The van der Waals surface area contributed by atoms with Crippen molar-refractivity contribution in [3.63, 3.8) is 0 Å². The number of fused-ring (bicyclic) bond motifs is 3. The molecule has 2 aromatic heterocycles. The molecule has 23 heavy (non-hydrogen) atoms. The van der Waals surface area contributed by atoms with Crippen molar-refractivity contribution in [1.82, 2.24) is 9.97 Å². The van der Waals surface area contributed by atoms with Gasteiger partial charge in [-0.1, -0.05) is 28.1 Å². The smallest absolute Gasteiger partial charge is 0.357 e. The number of ether oxygens (including phenoxy) is 2. The van der Waals surface area contributed by atoms with E-state index < -0.39 is 5.97 Å². The summed E-state index contributed by atoms with van der Waals surface area (Å²) < 4.78 is 10.5. The van der Waals surface area contributed by atoms with Crippen LogP contribution in [0.3, 0.4) is 0 Å². The van der Waals surface area contributed by atoms with Gasteiger partial charge in [0.05, 0.1) is 24.9 Å². The van der Waals surface area contributed by atoms with Crippen LogP contribution in [0, 0.1) is 0 Å². The summed E-state index contributed by atoms with van der Waals surface area (Å²) in [5.41, 5.74) is 4.10. The number of carbonyl (C=O) groups excluding carboxylic acids is 1. The molecule has 2 heterocycles. The molecular weight excluding hydrogens is 360 g/mol. The molecule has 0 aliphatic heterocycles. The van der Waals surface area contributed by atoms with Crippen LogP contribution in [0.4, 0.5) is 0 Å². The fraction of sp³-hybridized carbons (Fsp3) is 0.294. The van der Waals surface area contributed by atoms with E-state index in [2.05, 4.69) is 32.0 Å². The fourth-order valence-corrected chi connectivity index (χ4v) is 3.32. The molecule has 0 saturated carbocycles. The van der Waals surface area contributed by atoms with Crippen LogP contribution in [0.25, 0.3) is 21.8 Å². The van der Waals surface area contributed by atoms with Gasteiger partial charge in [0.2, 0.25) is 0 Å². The number of aromatic amines is 1. The molecule has 3 rings (SSSR count). The van der Waals surface area contributed by atoms with Crippen molar-refractivity contribution in [1.29, 1.82) is 0 Å². The molecule has 0 bridgehead atoms. The van der Waals surface area contributed by atoms with Crippen LogP contribution in [0.5, 0.6) is 0 Å². The number of methoxy groups -OCH3 is 1. The lowest BCUT2D eigenvalue weighted by molar-refractivity contribution is 0.0514. The minimum Gasteiger partial charge on any atom is -0.461 e. The molecule has 6 heteroatoms. The van der Waals surface area contributed by atoms with E-state index in [-0.39, 0.29) is 0 Å². The van der Waals surface area contributed by atoms with Gasteiger partial charge in [0, 0.05) is 34.3 Å². The second-order valence-electron chi connectivity index (χ2n) is 5.13. The first-order chi connectivity index (χ1) is 11.2. The molecule has 120 valence electrons. The molecular formula is C17H17BrN2O3. The van der Waals surface area contributed by atoms with Crippen LogP contribution in [-0.2, 0) is 21.4 Å². The van der Waals surface area contributed by atoms with E-state index in [1.165, 1.54) is 0 Å². The third-order valence-electron chi connectivity index (χ3n) is 3.75. The van der Waals surface area contributed by atoms with Crippen molar-refractivity contribution in [3.05, 3.63) is 41.2 Å². The third kappa shape index (κ3) is 2.72. The Hall–Kier alpha value is -1.92. The van der Waals surface area contributed by atoms with Crippen molar-refractivity contribution in [2.24, 2.45) is 0 Å². The minimum absolute atomic E-state index is 0.294. The van der Waals surface area contributed by atoms with Crippen molar-refractivity contribution in [2.75, 3.05) is 13.7 Å². The molecule has 0 fully saturated rings. The summed E-state index contributed by atoms with van der Waals surface area (Å²) >= 11 is 3.53. The first-order valence-electron chi connectivity index (χ1n) is 7.34. The fourth-order valence-electron chi connectivity index (χ4n) is 2.85. The second kappa shape index (κ2) is 6.68. The molecule has 0 atom stereocenters.